The van der Waals surface area contributed by atoms with E-state index in [0.29, 0.717) is 19.4 Å². The van der Waals surface area contributed by atoms with Gasteiger partial charge in [-0.05, 0) is 26.3 Å². The van der Waals surface area contributed by atoms with Gasteiger partial charge >= 0.3 is 6.18 Å². The molecule has 6 heteroatoms. The van der Waals surface area contributed by atoms with E-state index in [0.717, 1.165) is 4.68 Å². The lowest BCUT2D eigenvalue weighted by Crippen LogP contribution is -2.16. The van der Waals surface area contributed by atoms with Gasteiger partial charge in [0, 0.05) is 12.1 Å². The van der Waals surface area contributed by atoms with Crippen LogP contribution in [0.4, 0.5) is 13.2 Å². The second-order valence-corrected chi connectivity index (χ2v) is 3.22. The Bertz CT molecular complexity index is 317. The Hall–Kier alpha value is -1.04. The van der Waals surface area contributed by atoms with Gasteiger partial charge in [0.25, 0.3) is 0 Å². The van der Waals surface area contributed by atoms with E-state index in [-0.39, 0.29) is 12.1 Å². The third kappa shape index (κ3) is 2.71. The van der Waals surface area contributed by atoms with Crippen LogP contribution in [-0.2, 0) is 19.1 Å². The van der Waals surface area contributed by atoms with Crippen molar-refractivity contribution in [3.8, 4) is 0 Å². The van der Waals surface area contributed by atoms with Crippen LogP contribution in [0.2, 0.25) is 0 Å². The second-order valence-electron chi connectivity index (χ2n) is 3.22. The molecule has 0 atom stereocenters. The average molecular weight is 221 g/mol. The van der Waals surface area contributed by atoms with E-state index in [9.17, 15) is 13.2 Å². The molecule has 0 unspecified atom stereocenters. The first kappa shape index (κ1) is 12.0. The van der Waals surface area contributed by atoms with Gasteiger partial charge in [0.15, 0.2) is 0 Å². The Morgan fingerprint density at radius 2 is 2.13 bits per heavy atom. The predicted molar refractivity (Wildman–Crippen MR) is 50.3 cm³/mol. The molecular weight excluding hydrogens is 207 g/mol. The quantitative estimate of drug-likeness (QED) is 0.842. The summed E-state index contributed by atoms with van der Waals surface area (Å²) in [6.45, 7) is 2.24. The average Bonchev–Trinajstić information content (AvgIpc) is 2.56. The third-order valence-corrected chi connectivity index (χ3v) is 2.13. The Labute approximate surface area is 86.1 Å². The van der Waals surface area contributed by atoms with Crippen LogP contribution < -0.4 is 5.73 Å². The maximum absolute atomic E-state index is 12.7. The highest BCUT2D eigenvalue weighted by Gasteiger charge is 2.37. The van der Waals surface area contributed by atoms with Gasteiger partial charge in [-0.3, -0.25) is 4.68 Å². The molecule has 0 aliphatic rings. The highest BCUT2D eigenvalue weighted by Crippen LogP contribution is 2.32. The fourth-order valence-corrected chi connectivity index (χ4v) is 1.47. The molecule has 1 aromatic rings. The third-order valence-electron chi connectivity index (χ3n) is 2.13. The van der Waals surface area contributed by atoms with E-state index >= 15 is 0 Å². The molecule has 0 aromatic carbocycles. The first-order chi connectivity index (χ1) is 7.00. The zero-order valence-electron chi connectivity index (χ0n) is 8.51. The van der Waals surface area contributed by atoms with Gasteiger partial charge in [-0.2, -0.15) is 18.3 Å². The Morgan fingerprint density at radius 1 is 1.47 bits per heavy atom. The number of rotatable bonds is 4. The summed E-state index contributed by atoms with van der Waals surface area (Å²) < 4.78 is 39.0. The molecule has 0 saturated carbocycles. The number of halogens is 3. The number of nitrogens with two attached hydrogens (primary N) is 1. The minimum absolute atomic E-state index is 0.220. The van der Waals surface area contributed by atoms with E-state index in [2.05, 4.69) is 5.10 Å². The molecule has 15 heavy (non-hydrogen) atoms. The summed E-state index contributed by atoms with van der Waals surface area (Å²) in [6, 6.07) is 0. The van der Waals surface area contributed by atoms with Gasteiger partial charge in [-0.25, -0.2) is 0 Å². The number of aromatic nitrogens is 2. The van der Waals surface area contributed by atoms with Crippen molar-refractivity contribution in [1.82, 2.24) is 9.78 Å². The van der Waals surface area contributed by atoms with Gasteiger partial charge in [0.05, 0.1) is 6.20 Å². The molecule has 2 N–H and O–H groups in total. The van der Waals surface area contributed by atoms with Crippen LogP contribution in [-0.4, -0.2) is 16.3 Å². The summed E-state index contributed by atoms with van der Waals surface area (Å²) in [5.41, 5.74) is 4.86. The summed E-state index contributed by atoms with van der Waals surface area (Å²) in [5.74, 6) is 0. The van der Waals surface area contributed by atoms with Gasteiger partial charge in [-0.15, -0.1) is 0 Å². The largest absolute Gasteiger partial charge is 0.433 e. The highest BCUT2D eigenvalue weighted by atomic mass is 19.4. The smallest absolute Gasteiger partial charge is 0.330 e. The summed E-state index contributed by atoms with van der Waals surface area (Å²) in [5, 5.41) is 3.71. The number of hydrogen-bond donors (Lipinski definition) is 1. The minimum atomic E-state index is -4.34. The van der Waals surface area contributed by atoms with Crippen LogP contribution in [0, 0.1) is 0 Å². The van der Waals surface area contributed by atoms with Crippen molar-refractivity contribution >= 4 is 0 Å². The van der Waals surface area contributed by atoms with Gasteiger partial charge in [0.2, 0.25) is 0 Å². The molecule has 3 nitrogen and oxygen atoms in total. The Kier molecular flexibility index (Phi) is 3.73. The maximum atomic E-state index is 12.7. The predicted octanol–water partition coefficient (Wildman–Crippen LogP) is 1.81. The minimum Gasteiger partial charge on any atom is -0.330 e. The Balaban J connectivity index is 3.01. The number of hydrogen-bond acceptors (Lipinski definition) is 2. The molecule has 1 rings (SSSR count). The molecular formula is C9H14F3N3. The molecule has 0 bridgehead atoms. The van der Waals surface area contributed by atoms with Gasteiger partial charge in [-0.1, -0.05) is 0 Å². The fourth-order valence-electron chi connectivity index (χ4n) is 1.47. The number of nitrogens with zero attached hydrogens (tertiary/aromatic N) is 2. The first-order valence-electron chi connectivity index (χ1n) is 4.82. The molecule has 1 heterocycles. The molecule has 0 amide bonds. The first-order valence-corrected chi connectivity index (χ1v) is 4.82. The second kappa shape index (κ2) is 4.65. The van der Waals surface area contributed by atoms with E-state index in [1.165, 1.54) is 6.20 Å². The van der Waals surface area contributed by atoms with E-state index in [4.69, 9.17) is 5.73 Å². The Morgan fingerprint density at radius 3 is 2.60 bits per heavy atom. The summed E-state index contributed by atoms with van der Waals surface area (Å²) >= 11 is 0. The molecule has 86 valence electrons. The zero-order chi connectivity index (χ0) is 11.5. The fraction of sp³-hybridized carbons (Fsp3) is 0.667. The van der Waals surface area contributed by atoms with E-state index in [1.807, 2.05) is 0 Å². The topological polar surface area (TPSA) is 43.8 Å². The monoisotopic (exact) mass is 221 g/mol. The summed E-state index contributed by atoms with van der Waals surface area (Å²) in [4.78, 5) is 0. The van der Waals surface area contributed by atoms with Gasteiger partial charge in [0.1, 0.15) is 5.69 Å². The number of aryl methyl sites for hydroxylation is 2. The lowest BCUT2D eigenvalue weighted by Gasteiger charge is -2.11. The van der Waals surface area contributed by atoms with E-state index in [1.54, 1.807) is 6.92 Å². The molecule has 0 aliphatic carbocycles. The van der Waals surface area contributed by atoms with Crippen LogP contribution in [0.25, 0.3) is 0 Å². The highest BCUT2D eigenvalue weighted by molar-refractivity contribution is 5.21. The maximum Gasteiger partial charge on any atom is 0.433 e. The van der Waals surface area contributed by atoms with Crippen molar-refractivity contribution in [3.05, 3.63) is 17.5 Å². The lowest BCUT2D eigenvalue weighted by molar-refractivity contribution is -0.144. The van der Waals surface area contributed by atoms with Gasteiger partial charge < -0.3 is 5.73 Å². The molecule has 0 aliphatic heterocycles. The van der Waals surface area contributed by atoms with E-state index < -0.39 is 11.9 Å². The SMILES string of the molecule is CCn1ncc(CCCN)c1C(F)(F)F. The van der Waals surface area contributed by atoms with Crippen molar-refractivity contribution in [2.45, 2.75) is 32.5 Å². The molecule has 0 spiro atoms. The summed E-state index contributed by atoms with van der Waals surface area (Å²) in [6.07, 6.45) is -2.19. The molecule has 0 radical (unpaired) electrons. The zero-order valence-corrected chi connectivity index (χ0v) is 8.51. The van der Waals surface area contributed by atoms with Crippen molar-refractivity contribution in [3.63, 3.8) is 0 Å². The van der Waals surface area contributed by atoms with Crippen molar-refractivity contribution in [1.29, 1.82) is 0 Å². The van der Waals surface area contributed by atoms with Crippen molar-refractivity contribution in [2.24, 2.45) is 5.73 Å². The molecule has 0 saturated heterocycles. The normalized spacial score (nSPS) is 12.1. The summed E-state index contributed by atoms with van der Waals surface area (Å²) in [7, 11) is 0. The standard InChI is InChI=1S/C9H14F3N3/c1-2-15-8(9(10,11)12)7(6-14-15)4-3-5-13/h6H,2-5,13H2,1H3. The van der Waals surface area contributed by atoms with Crippen molar-refractivity contribution < 1.29 is 13.2 Å². The van der Waals surface area contributed by atoms with Crippen LogP contribution in [0.5, 0.6) is 0 Å². The van der Waals surface area contributed by atoms with Crippen LogP contribution in [0.3, 0.4) is 0 Å². The molecule has 0 fully saturated rings. The van der Waals surface area contributed by atoms with Crippen LogP contribution in [0.1, 0.15) is 24.6 Å². The van der Waals surface area contributed by atoms with Crippen LogP contribution in [0.15, 0.2) is 6.20 Å². The van der Waals surface area contributed by atoms with Crippen LogP contribution >= 0.6 is 0 Å². The van der Waals surface area contributed by atoms with Crippen molar-refractivity contribution in [2.75, 3.05) is 6.54 Å². The molecule has 1 aromatic heterocycles. The number of alkyl halides is 3. The lowest BCUT2D eigenvalue weighted by atomic mass is 10.1.